The van der Waals surface area contributed by atoms with Crippen LogP contribution in [-0.4, -0.2) is 79.7 Å². The molecule has 0 aromatic carbocycles. The molecule has 4 aromatic rings. The number of pyridine rings is 1. The lowest BCUT2D eigenvalue weighted by Gasteiger charge is -2.27. The van der Waals surface area contributed by atoms with E-state index in [0.717, 1.165) is 53.9 Å². The van der Waals surface area contributed by atoms with Gasteiger partial charge in [0.25, 0.3) is 5.91 Å². The summed E-state index contributed by atoms with van der Waals surface area (Å²) in [6.45, 7) is 4.25. The summed E-state index contributed by atoms with van der Waals surface area (Å²) in [6.07, 6.45) is 10.3. The molecule has 0 atom stereocenters. The molecule has 0 spiro atoms. The molecule has 0 unspecified atom stereocenters. The second-order valence-corrected chi connectivity index (χ2v) is 8.98. The first-order valence-electron chi connectivity index (χ1n) is 12.2. The Hall–Kier alpha value is -4.12. The number of carbonyl (C=O) groups is 1. The third kappa shape index (κ3) is 4.22. The Morgan fingerprint density at radius 1 is 0.889 bits per heavy atom. The summed E-state index contributed by atoms with van der Waals surface area (Å²) in [5.74, 6) is 0.809. The van der Waals surface area contributed by atoms with Crippen molar-refractivity contribution < 1.29 is 9.53 Å². The summed E-state index contributed by atoms with van der Waals surface area (Å²) < 4.78 is 7.48. The van der Waals surface area contributed by atoms with Crippen LogP contribution in [0.15, 0.2) is 43.0 Å². The molecule has 0 bridgehead atoms. The monoisotopic (exact) mass is 485 g/mol. The third-order valence-corrected chi connectivity index (χ3v) is 6.66. The van der Waals surface area contributed by atoms with Crippen LogP contribution in [0.25, 0.3) is 28.0 Å². The van der Waals surface area contributed by atoms with Crippen LogP contribution in [0, 0.1) is 0 Å². The van der Waals surface area contributed by atoms with Gasteiger partial charge in [0.1, 0.15) is 5.69 Å². The summed E-state index contributed by atoms with van der Waals surface area (Å²) in [7, 11) is 0. The Bertz CT molecular complexity index is 1370. The van der Waals surface area contributed by atoms with Gasteiger partial charge in [0.05, 0.1) is 30.8 Å². The number of amides is 1. The minimum absolute atomic E-state index is 0.0128. The first-order valence-corrected chi connectivity index (χ1v) is 12.2. The van der Waals surface area contributed by atoms with Crippen molar-refractivity contribution in [2.24, 2.45) is 0 Å². The van der Waals surface area contributed by atoms with Crippen LogP contribution in [0.4, 0.5) is 11.9 Å². The third-order valence-electron chi connectivity index (χ3n) is 6.66. The molecular formula is C25H27N9O2. The van der Waals surface area contributed by atoms with Crippen molar-refractivity contribution in [2.75, 3.05) is 50.0 Å². The number of ether oxygens (including phenoxy) is 1. The van der Waals surface area contributed by atoms with Crippen molar-refractivity contribution in [3.8, 4) is 16.9 Å². The molecular weight excluding hydrogens is 458 g/mol. The summed E-state index contributed by atoms with van der Waals surface area (Å²) in [6, 6.07) is 5.67. The van der Waals surface area contributed by atoms with Crippen LogP contribution in [0.2, 0.25) is 0 Å². The summed E-state index contributed by atoms with van der Waals surface area (Å²) in [5.41, 5.74) is 9.19. The second kappa shape index (κ2) is 9.50. The molecule has 2 fully saturated rings. The zero-order chi connectivity index (χ0) is 24.5. The van der Waals surface area contributed by atoms with E-state index in [-0.39, 0.29) is 11.9 Å². The smallest absolute Gasteiger partial charge is 0.272 e. The van der Waals surface area contributed by atoms with E-state index in [0.29, 0.717) is 37.9 Å². The Kier molecular flexibility index (Phi) is 5.90. The van der Waals surface area contributed by atoms with Crippen LogP contribution in [0.5, 0.6) is 0 Å². The van der Waals surface area contributed by atoms with E-state index >= 15 is 0 Å². The summed E-state index contributed by atoms with van der Waals surface area (Å²) in [4.78, 5) is 39.5. The van der Waals surface area contributed by atoms with Gasteiger partial charge in [-0.1, -0.05) is 0 Å². The van der Waals surface area contributed by atoms with E-state index in [1.807, 2.05) is 27.8 Å². The van der Waals surface area contributed by atoms with Crippen LogP contribution in [0.1, 0.15) is 29.8 Å². The van der Waals surface area contributed by atoms with Gasteiger partial charge in [-0.25, -0.2) is 19.9 Å². The molecule has 36 heavy (non-hydrogen) atoms. The molecule has 184 valence electrons. The zero-order valence-corrected chi connectivity index (χ0v) is 19.9. The van der Waals surface area contributed by atoms with Gasteiger partial charge in [-0.3, -0.25) is 9.36 Å². The minimum atomic E-state index is -0.0128. The number of nitrogens with two attached hydrogens (primary N) is 1. The molecule has 4 aromatic heterocycles. The molecule has 0 saturated carbocycles. The fourth-order valence-electron chi connectivity index (χ4n) is 4.71. The lowest BCUT2D eigenvalue weighted by molar-refractivity contribution is 0.0718. The molecule has 11 heteroatoms. The number of nitrogens with zero attached hydrogens (tertiary/aromatic N) is 8. The van der Waals surface area contributed by atoms with Crippen molar-refractivity contribution in [1.82, 2.24) is 34.4 Å². The lowest BCUT2D eigenvalue weighted by Crippen LogP contribution is -2.37. The number of rotatable bonds is 4. The Morgan fingerprint density at radius 2 is 1.67 bits per heavy atom. The molecule has 6 rings (SSSR count). The SMILES string of the molecule is Nc1ncc(-c2nc(N3CCOCC3)nc3c2ccn3-c2ccc(C(=O)N3CCCCC3)nc2)cn1. The number of carbonyl (C=O) groups excluding carboxylic acids is 1. The van der Waals surface area contributed by atoms with E-state index in [2.05, 4.69) is 19.9 Å². The predicted octanol–water partition coefficient (Wildman–Crippen LogP) is 2.32. The number of morpholine rings is 1. The molecule has 0 aliphatic carbocycles. The number of hydrogen-bond donors (Lipinski definition) is 1. The Balaban J connectivity index is 1.40. The average molecular weight is 486 g/mol. The summed E-state index contributed by atoms with van der Waals surface area (Å²) >= 11 is 0. The minimum Gasteiger partial charge on any atom is -0.378 e. The highest BCUT2D eigenvalue weighted by Gasteiger charge is 2.22. The number of aromatic nitrogens is 6. The largest absolute Gasteiger partial charge is 0.378 e. The van der Waals surface area contributed by atoms with E-state index in [4.69, 9.17) is 20.4 Å². The van der Waals surface area contributed by atoms with E-state index in [1.165, 1.54) is 6.42 Å². The van der Waals surface area contributed by atoms with Crippen LogP contribution in [0.3, 0.4) is 0 Å². The quantitative estimate of drug-likeness (QED) is 0.463. The topological polar surface area (TPSA) is 128 Å². The van der Waals surface area contributed by atoms with E-state index in [9.17, 15) is 4.79 Å². The molecule has 0 radical (unpaired) electrons. The average Bonchev–Trinajstić information content (AvgIpc) is 3.38. The molecule has 2 aliphatic rings. The van der Waals surface area contributed by atoms with Gasteiger partial charge in [0.15, 0.2) is 5.65 Å². The fourth-order valence-corrected chi connectivity index (χ4v) is 4.71. The van der Waals surface area contributed by atoms with E-state index in [1.54, 1.807) is 24.7 Å². The fraction of sp³-hybridized carbons (Fsp3) is 0.360. The zero-order valence-electron chi connectivity index (χ0n) is 19.9. The second-order valence-electron chi connectivity index (χ2n) is 8.98. The number of nitrogen functional groups attached to an aromatic ring is 1. The van der Waals surface area contributed by atoms with E-state index < -0.39 is 0 Å². The van der Waals surface area contributed by atoms with Gasteiger partial charge in [-0.05, 0) is 37.5 Å². The molecule has 2 saturated heterocycles. The number of likely N-dealkylation sites (tertiary alicyclic amines) is 1. The molecule has 6 heterocycles. The maximum absolute atomic E-state index is 12.9. The standard InChI is InChI=1S/C25H27N9O2/c26-24-28-14-17(15-29-24)21-19-6-9-34(22(19)31-25(30-21)33-10-12-36-13-11-33)18-4-5-20(27-16-18)23(35)32-7-2-1-3-8-32/h4-6,9,14-16H,1-3,7-8,10-13H2,(H2,26,28,29). The predicted molar refractivity (Wildman–Crippen MR) is 135 cm³/mol. The summed E-state index contributed by atoms with van der Waals surface area (Å²) in [5, 5.41) is 0.855. The Labute approximate surface area is 208 Å². The van der Waals surface area contributed by atoms with Gasteiger partial charge in [-0.2, -0.15) is 4.98 Å². The van der Waals surface area contributed by atoms with Gasteiger partial charge in [0.2, 0.25) is 11.9 Å². The Morgan fingerprint density at radius 3 is 2.39 bits per heavy atom. The molecule has 11 nitrogen and oxygen atoms in total. The molecule has 1 amide bonds. The number of anilines is 2. The maximum Gasteiger partial charge on any atom is 0.272 e. The van der Waals surface area contributed by atoms with Crippen LogP contribution in [-0.2, 0) is 4.74 Å². The number of fused-ring (bicyclic) bond motifs is 1. The van der Waals surface area contributed by atoms with Crippen LogP contribution < -0.4 is 10.6 Å². The van der Waals surface area contributed by atoms with Crippen molar-refractivity contribution in [2.45, 2.75) is 19.3 Å². The highest BCUT2D eigenvalue weighted by atomic mass is 16.5. The number of piperidine rings is 1. The van der Waals surface area contributed by atoms with Crippen molar-refractivity contribution in [1.29, 1.82) is 0 Å². The van der Waals surface area contributed by atoms with Gasteiger partial charge < -0.3 is 20.3 Å². The highest BCUT2D eigenvalue weighted by Crippen LogP contribution is 2.30. The first-order chi connectivity index (χ1) is 17.7. The normalized spacial score (nSPS) is 16.4. The van der Waals surface area contributed by atoms with Gasteiger partial charge in [-0.15, -0.1) is 0 Å². The van der Waals surface area contributed by atoms with Crippen LogP contribution >= 0.6 is 0 Å². The molecule has 2 aliphatic heterocycles. The maximum atomic E-state index is 12.9. The van der Waals surface area contributed by atoms with Gasteiger partial charge in [0, 0.05) is 55.7 Å². The van der Waals surface area contributed by atoms with Crippen molar-refractivity contribution in [3.05, 3.63) is 48.7 Å². The lowest BCUT2D eigenvalue weighted by atomic mass is 10.1. The number of hydrogen-bond acceptors (Lipinski definition) is 9. The van der Waals surface area contributed by atoms with Gasteiger partial charge >= 0.3 is 0 Å². The van der Waals surface area contributed by atoms with Crippen molar-refractivity contribution >= 4 is 28.8 Å². The van der Waals surface area contributed by atoms with Crippen molar-refractivity contribution in [3.63, 3.8) is 0 Å². The molecule has 2 N–H and O–H groups in total. The highest BCUT2D eigenvalue weighted by molar-refractivity contribution is 5.94. The first kappa shape index (κ1) is 22.4.